The highest BCUT2D eigenvalue weighted by molar-refractivity contribution is 6.32. The fraction of sp³-hybridized carbons (Fsp3) is 0.208. The fourth-order valence-electron chi connectivity index (χ4n) is 3.44. The minimum Gasteiger partial charge on any atom is -0.506 e. The molecular weight excluding hydrogens is 433 g/mol. The first kappa shape index (κ1) is 21.8. The molecule has 0 fully saturated rings. The molecule has 0 aliphatic carbocycles. The van der Waals surface area contributed by atoms with Crippen LogP contribution in [-0.4, -0.2) is 33.8 Å². The SMILES string of the molecule is COc1cc2c(Cc3cc(O)c(Cl)cc3F)ncnc2cc1OCCCc1ccncc1. The van der Waals surface area contributed by atoms with Crippen LogP contribution in [-0.2, 0) is 12.8 Å². The molecule has 2 aromatic heterocycles. The number of methoxy groups -OCH3 is 1. The van der Waals surface area contributed by atoms with Gasteiger partial charge in [0.2, 0.25) is 0 Å². The monoisotopic (exact) mass is 453 g/mol. The Hall–Kier alpha value is -3.45. The van der Waals surface area contributed by atoms with E-state index >= 15 is 0 Å². The molecule has 164 valence electrons. The third-order valence-electron chi connectivity index (χ3n) is 5.09. The molecule has 4 rings (SSSR count). The number of ether oxygens (including phenoxy) is 2. The van der Waals surface area contributed by atoms with Gasteiger partial charge in [0.05, 0.1) is 29.9 Å². The van der Waals surface area contributed by atoms with Gasteiger partial charge in [-0.1, -0.05) is 11.6 Å². The summed E-state index contributed by atoms with van der Waals surface area (Å²) in [5.41, 5.74) is 2.73. The summed E-state index contributed by atoms with van der Waals surface area (Å²) in [6.07, 6.45) is 6.84. The first-order valence-electron chi connectivity index (χ1n) is 10.1. The van der Waals surface area contributed by atoms with Crippen LogP contribution in [0.2, 0.25) is 5.02 Å². The van der Waals surface area contributed by atoms with Crippen LogP contribution in [0.15, 0.2) is 55.1 Å². The zero-order valence-electron chi connectivity index (χ0n) is 17.4. The number of aromatic nitrogens is 3. The first-order chi connectivity index (χ1) is 15.5. The number of phenolic OH excluding ortho intramolecular Hbond substituents is 1. The Bertz CT molecular complexity index is 1240. The second-order valence-corrected chi connectivity index (χ2v) is 7.63. The molecule has 4 aromatic rings. The highest BCUT2D eigenvalue weighted by atomic mass is 35.5. The molecule has 0 saturated carbocycles. The van der Waals surface area contributed by atoms with Gasteiger partial charge in [0, 0.05) is 30.3 Å². The summed E-state index contributed by atoms with van der Waals surface area (Å²) in [5.74, 6) is 0.425. The minimum atomic E-state index is -0.513. The van der Waals surface area contributed by atoms with Crippen LogP contribution in [0.3, 0.4) is 0 Å². The van der Waals surface area contributed by atoms with E-state index in [2.05, 4.69) is 15.0 Å². The smallest absolute Gasteiger partial charge is 0.163 e. The molecule has 8 heteroatoms. The number of aryl methyl sites for hydroxylation is 1. The predicted molar refractivity (Wildman–Crippen MR) is 120 cm³/mol. The molecule has 2 heterocycles. The van der Waals surface area contributed by atoms with Gasteiger partial charge in [0.1, 0.15) is 17.9 Å². The Kier molecular flexibility index (Phi) is 6.66. The lowest BCUT2D eigenvalue weighted by molar-refractivity contribution is 0.290. The molecule has 32 heavy (non-hydrogen) atoms. The molecule has 0 atom stereocenters. The minimum absolute atomic E-state index is 0.0359. The molecule has 0 aliphatic heterocycles. The van der Waals surface area contributed by atoms with Gasteiger partial charge in [0.15, 0.2) is 11.5 Å². The number of hydrogen-bond acceptors (Lipinski definition) is 6. The van der Waals surface area contributed by atoms with Gasteiger partial charge in [-0.05, 0) is 54.3 Å². The van der Waals surface area contributed by atoms with Crippen LogP contribution in [0.4, 0.5) is 4.39 Å². The molecule has 0 amide bonds. The Morgan fingerprint density at radius 2 is 1.88 bits per heavy atom. The lowest BCUT2D eigenvalue weighted by Gasteiger charge is -2.13. The van der Waals surface area contributed by atoms with Crippen LogP contribution in [0.1, 0.15) is 23.2 Å². The van der Waals surface area contributed by atoms with E-state index in [-0.39, 0.29) is 22.8 Å². The summed E-state index contributed by atoms with van der Waals surface area (Å²) >= 11 is 5.78. The topological polar surface area (TPSA) is 77.4 Å². The quantitative estimate of drug-likeness (QED) is 0.372. The normalized spacial score (nSPS) is 11.0. The summed E-state index contributed by atoms with van der Waals surface area (Å²) < 4.78 is 25.8. The van der Waals surface area contributed by atoms with Crippen molar-refractivity contribution in [3.8, 4) is 17.2 Å². The van der Waals surface area contributed by atoms with Crippen LogP contribution < -0.4 is 9.47 Å². The third kappa shape index (κ3) is 4.89. The van der Waals surface area contributed by atoms with Crippen LogP contribution in [0.25, 0.3) is 10.9 Å². The van der Waals surface area contributed by atoms with Gasteiger partial charge in [-0.25, -0.2) is 14.4 Å². The van der Waals surface area contributed by atoms with Gasteiger partial charge in [-0.3, -0.25) is 4.98 Å². The van der Waals surface area contributed by atoms with Gasteiger partial charge in [-0.2, -0.15) is 0 Å². The summed E-state index contributed by atoms with van der Waals surface area (Å²) in [5, 5.41) is 10.5. The van der Waals surface area contributed by atoms with Crippen molar-refractivity contribution >= 4 is 22.5 Å². The van der Waals surface area contributed by atoms with Crippen molar-refractivity contribution < 1.29 is 19.0 Å². The number of fused-ring (bicyclic) bond motifs is 1. The van der Waals surface area contributed by atoms with Gasteiger partial charge < -0.3 is 14.6 Å². The summed E-state index contributed by atoms with van der Waals surface area (Å²) in [6.45, 7) is 0.511. The molecule has 0 bridgehead atoms. The van der Waals surface area contributed by atoms with E-state index in [1.165, 1.54) is 18.0 Å². The summed E-state index contributed by atoms with van der Waals surface area (Å²) in [7, 11) is 1.56. The Balaban J connectivity index is 1.55. The van der Waals surface area contributed by atoms with Crippen molar-refractivity contribution in [2.75, 3.05) is 13.7 Å². The van der Waals surface area contributed by atoms with E-state index < -0.39 is 5.82 Å². The van der Waals surface area contributed by atoms with Crippen LogP contribution in [0, 0.1) is 5.82 Å². The highest BCUT2D eigenvalue weighted by Gasteiger charge is 2.15. The molecular formula is C24H21ClFN3O3. The van der Waals surface area contributed by atoms with Crippen LogP contribution in [0.5, 0.6) is 17.2 Å². The summed E-state index contributed by atoms with van der Waals surface area (Å²) in [6, 6.07) is 9.95. The number of aromatic hydroxyl groups is 1. The van der Waals surface area contributed by atoms with E-state index in [0.717, 1.165) is 18.9 Å². The van der Waals surface area contributed by atoms with Crippen molar-refractivity contribution in [1.29, 1.82) is 0 Å². The van der Waals surface area contributed by atoms with Crippen molar-refractivity contribution in [3.63, 3.8) is 0 Å². The van der Waals surface area contributed by atoms with Gasteiger partial charge in [0.25, 0.3) is 0 Å². The lowest BCUT2D eigenvalue weighted by Crippen LogP contribution is -2.03. The average Bonchev–Trinajstić information content (AvgIpc) is 2.80. The second kappa shape index (κ2) is 9.78. The molecule has 1 N–H and O–H groups in total. The van der Waals surface area contributed by atoms with Crippen molar-refractivity contribution in [2.45, 2.75) is 19.3 Å². The standard InChI is InChI=1S/C24H21ClFN3O3/c1-31-23-11-17-20(9-16-10-22(30)18(25)12-19(16)26)28-14-29-21(17)13-24(23)32-8-2-3-15-4-6-27-7-5-15/h4-7,10-14,30H,2-3,8-9H2,1H3. The lowest BCUT2D eigenvalue weighted by atomic mass is 10.0. The molecule has 0 spiro atoms. The van der Waals surface area contributed by atoms with Crippen molar-refractivity contribution in [2.24, 2.45) is 0 Å². The van der Waals surface area contributed by atoms with Crippen molar-refractivity contribution in [1.82, 2.24) is 15.0 Å². The van der Waals surface area contributed by atoms with E-state index in [1.807, 2.05) is 12.1 Å². The number of phenols is 1. The number of hydrogen-bond donors (Lipinski definition) is 1. The van der Waals surface area contributed by atoms with Gasteiger partial charge >= 0.3 is 0 Å². The zero-order valence-corrected chi connectivity index (χ0v) is 18.1. The molecule has 0 unspecified atom stereocenters. The number of rotatable bonds is 8. The van der Waals surface area contributed by atoms with Crippen LogP contribution >= 0.6 is 11.6 Å². The maximum atomic E-state index is 14.3. The maximum Gasteiger partial charge on any atom is 0.163 e. The highest BCUT2D eigenvalue weighted by Crippen LogP contribution is 2.34. The zero-order chi connectivity index (χ0) is 22.5. The fourth-order valence-corrected chi connectivity index (χ4v) is 3.59. The number of pyridine rings is 1. The Labute approximate surface area is 189 Å². The van der Waals surface area contributed by atoms with E-state index in [9.17, 15) is 9.50 Å². The largest absolute Gasteiger partial charge is 0.506 e. The average molecular weight is 454 g/mol. The van der Waals surface area contributed by atoms with E-state index in [0.29, 0.717) is 34.7 Å². The molecule has 6 nitrogen and oxygen atoms in total. The number of benzene rings is 2. The third-order valence-corrected chi connectivity index (χ3v) is 5.40. The Morgan fingerprint density at radius 1 is 1.06 bits per heavy atom. The molecule has 2 aromatic carbocycles. The Morgan fingerprint density at radius 3 is 2.66 bits per heavy atom. The summed E-state index contributed by atoms with van der Waals surface area (Å²) in [4.78, 5) is 12.7. The predicted octanol–water partition coefficient (Wildman–Crippen LogP) is 5.13. The van der Waals surface area contributed by atoms with Gasteiger partial charge in [-0.15, -0.1) is 0 Å². The number of halogens is 2. The van der Waals surface area contributed by atoms with Crippen molar-refractivity contribution in [3.05, 3.63) is 82.8 Å². The maximum absolute atomic E-state index is 14.3. The first-order valence-corrected chi connectivity index (χ1v) is 10.4. The molecule has 0 radical (unpaired) electrons. The van der Waals surface area contributed by atoms with E-state index in [1.54, 1.807) is 31.6 Å². The second-order valence-electron chi connectivity index (χ2n) is 7.22. The van der Waals surface area contributed by atoms with E-state index in [4.69, 9.17) is 21.1 Å². The molecule has 0 aliphatic rings. The molecule has 0 saturated heterocycles. The number of nitrogens with zero attached hydrogens (tertiary/aromatic N) is 3.